The highest BCUT2D eigenvalue weighted by Crippen LogP contribution is 2.51. The third kappa shape index (κ3) is 4.96. The molecule has 0 heterocycles. The molecule has 1 unspecified atom stereocenters. The fourth-order valence-corrected chi connectivity index (χ4v) is 6.08. The van der Waals surface area contributed by atoms with Crippen LogP contribution in [0.3, 0.4) is 0 Å². The summed E-state index contributed by atoms with van der Waals surface area (Å²) in [7, 11) is 0. The summed E-state index contributed by atoms with van der Waals surface area (Å²) >= 11 is 3.52. The Labute approximate surface area is 190 Å². The predicted molar refractivity (Wildman–Crippen MR) is 128 cm³/mol. The molecule has 0 amide bonds. The lowest BCUT2D eigenvalue weighted by Crippen LogP contribution is -2.23. The van der Waals surface area contributed by atoms with E-state index in [-0.39, 0.29) is 35.4 Å². The third-order valence-corrected chi connectivity index (χ3v) is 7.95. The summed E-state index contributed by atoms with van der Waals surface area (Å²) in [5.41, 5.74) is 3.78. The van der Waals surface area contributed by atoms with E-state index in [1.807, 2.05) is 25.1 Å². The first-order valence-corrected chi connectivity index (χ1v) is 12.6. The van der Waals surface area contributed by atoms with Crippen LogP contribution in [0.5, 0.6) is 11.5 Å². The maximum absolute atomic E-state index is 11.1. The Morgan fingerprint density at radius 2 is 1.80 bits per heavy atom. The molecule has 0 saturated heterocycles. The first kappa shape index (κ1) is 23.4. The highest BCUT2D eigenvalue weighted by atomic mass is 79.9. The third-order valence-electron chi connectivity index (χ3n) is 7.39. The number of phenolic OH excluding ortho intramolecular Hbond substituents is 2. The summed E-state index contributed by atoms with van der Waals surface area (Å²) in [6.07, 6.45) is 13.1. The van der Waals surface area contributed by atoms with Crippen molar-refractivity contribution in [2.75, 3.05) is 11.9 Å². The van der Waals surface area contributed by atoms with E-state index < -0.39 is 0 Å². The van der Waals surface area contributed by atoms with Crippen LogP contribution in [0.4, 0.5) is 0 Å². The fourth-order valence-electron chi connectivity index (χ4n) is 5.68. The number of aliphatic hydroxyl groups is 1. The van der Waals surface area contributed by atoms with Gasteiger partial charge in [-0.25, -0.2) is 0 Å². The molecular formula is C26H37BrO3. The summed E-state index contributed by atoms with van der Waals surface area (Å²) in [6, 6.07) is 3.84. The zero-order chi connectivity index (χ0) is 21.7. The van der Waals surface area contributed by atoms with Gasteiger partial charge < -0.3 is 15.3 Å². The summed E-state index contributed by atoms with van der Waals surface area (Å²) in [4.78, 5) is 0. The maximum atomic E-state index is 11.1. The van der Waals surface area contributed by atoms with Gasteiger partial charge in [0, 0.05) is 16.8 Å². The molecule has 2 aliphatic rings. The van der Waals surface area contributed by atoms with Gasteiger partial charge in [0.1, 0.15) is 11.5 Å². The van der Waals surface area contributed by atoms with Gasteiger partial charge in [-0.05, 0) is 80.1 Å². The molecule has 1 fully saturated rings. The first-order valence-electron chi connectivity index (χ1n) is 11.5. The number of allylic oxidation sites excluding steroid dienone is 2. The van der Waals surface area contributed by atoms with E-state index in [2.05, 4.69) is 22.5 Å². The Morgan fingerprint density at radius 1 is 1.13 bits per heavy atom. The van der Waals surface area contributed by atoms with Crippen molar-refractivity contribution in [3.8, 4) is 11.5 Å². The molecule has 0 bridgehead atoms. The molecule has 2 atom stereocenters. The van der Waals surface area contributed by atoms with Crippen molar-refractivity contribution in [3.05, 3.63) is 47.1 Å². The van der Waals surface area contributed by atoms with E-state index in [1.54, 1.807) is 0 Å². The molecule has 1 aromatic rings. The van der Waals surface area contributed by atoms with Gasteiger partial charge in [-0.2, -0.15) is 0 Å². The summed E-state index contributed by atoms with van der Waals surface area (Å²) in [5, 5.41) is 32.8. The smallest absolute Gasteiger partial charge is 0.123 e. The van der Waals surface area contributed by atoms with Gasteiger partial charge >= 0.3 is 0 Å². The summed E-state index contributed by atoms with van der Waals surface area (Å²) in [6.45, 7) is 6.18. The molecule has 3 rings (SSSR count). The molecule has 30 heavy (non-hydrogen) atoms. The van der Waals surface area contributed by atoms with Gasteiger partial charge in [0.2, 0.25) is 0 Å². The lowest BCUT2D eigenvalue weighted by molar-refractivity contribution is 0.314. The largest absolute Gasteiger partial charge is 0.507 e. The molecule has 166 valence electrons. The quantitative estimate of drug-likeness (QED) is 0.207. The Morgan fingerprint density at radius 3 is 2.37 bits per heavy atom. The van der Waals surface area contributed by atoms with Crippen LogP contribution in [0.1, 0.15) is 88.2 Å². The molecule has 0 radical (unpaired) electrons. The molecule has 0 aromatic heterocycles. The van der Waals surface area contributed by atoms with E-state index in [0.717, 1.165) is 54.1 Å². The number of hydrogen-bond acceptors (Lipinski definition) is 3. The number of halogens is 1. The van der Waals surface area contributed by atoms with Crippen LogP contribution >= 0.6 is 15.9 Å². The van der Waals surface area contributed by atoms with Crippen molar-refractivity contribution in [1.29, 1.82) is 0 Å². The Bertz CT molecular complexity index is 753. The number of aromatic hydroxyl groups is 2. The summed E-state index contributed by atoms with van der Waals surface area (Å²) < 4.78 is 0. The van der Waals surface area contributed by atoms with Crippen molar-refractivity contribution in [1.82, 2.24) is 0 Å². The average Bonchev–Trinajstić information content (AvgIpc) is 3.20. The predicted octanol–water partition coefficient (Wildman–Crippen LogP) is 6.85. The van der Waals surface area contributed by atoms with E-state index >= 15 is 0 Å². The number of unbranched alkanes of at least 4 members (excludes halogenated alkanes) is 2. The van der Waals surface area contributed by atoms with E-state index in [0.29, 0.717) is 5.56 Å². The molecule has 0 aliphatic heterocycles. The molecule has 1 aromatic carbocycles. The SMILES string of the molecule is C=C(C)C1CCC(CO)=C[C@@H]1c1c(O)cc(C2(CCCCCBr)CCCC2)cc1O. The average molecular weight is 477 g/mol. The van der Waals surface area contributed by atoms with E-state index in [1.165, 1.54) is 32.1 Å². The minimum atomic E-state index is -0.147. The van der Waals surface area contributed by atoms with Gasteiger partial charge in [0.15, 0.2) is 0 Å². The molecule has 3 N–H and O–H groups in total. The number of rotatable bonds is 9. The topological polar surface area (TPSA) is 60.7 Å². The van der Waals surface area contributed by atoms with Gasteiger partial charge in [-0.1, -0.05) is 59.8 Å². The zero-order valence-electron chi connectivity index (χ0n) is 18.3. The second kappa shape index (κ2) is 10.4. The second-order valence-corrected chi connectivity index (χ2v) is 10.2. The highest BCUT2D eigenvalue weighted by molar-refractivity contribution is 9.09. The Kier molecular flexibility index (Phi) is 8.09. The van der Waals surface area contributed by atoms with Crippen molar-refractivity contribution < 1.29 is 15.3 Å². The van der Waals surface area contributed by atoms with Crippen LogP contribution in [0.15, 0.2) is 35.9 Å². The van der Waals surface area contributed by atoms with E-state index in [9.17, 15) is 15.3 Å². The standard InChI is InChI=1S/C26H37BrO3/c1-18(2)21-9-8-19(17-28)14-22(21)25-23(29)15-20(16-24(25)30)26(11-5-6-12-26)10-4-3-7-13-27/h14-16,21-22,28-30H,1,3-13,17H2,2H3/t21?,22-/m0/s1. The van der Waals surface area contributed by atoms with Gasteiger partial charge in [0.05, 0.1) is 6.61 Å². The fraction of sp³-hybridized carbons (Fsp3) is 0.615. The van der Waals surface area contributed by atoms with Crippen LogP contribution in [-0.2, 0) is 5.41 Å². The lowest BCUT2D eigenvalue weighted by Gasteiger charge is -2.34. The van der Waals surface area contributed by atoms with Crippen molar-refractivity contribution in [2.24, 2.45) is 5.92 Å². The number of hydrogen-bond donors (Lipinski definition) is 3. The van der Waals surface area contributed by atoms with E-state index in [4.69, 9.17) is 0 Å². The molecular weight excluding hydrogens is 440 g/mol. The van der Waals surface area contributed by atoms with Gasteiger partial charge in [0.25, 0.3) is 0 Å². The Balaban J connectivity index is 1.95. The Hall–Kier alpha value is -1.26. The lowest BCUT2D eigenvalue weighted by atomic mass is 9.71. The number of aliphatic hydroxyl groups excluding tert-OH is 1. The van der Waals surface area contributed by atoms with Crippen molar-refractivity contribution >= 4 is 15.9 Å². The maximum Gasteiger partial charge on any atom is 0.123 e. The number of benzene rings is 1. The minimum Gasteiger partial charge on any atom is -0.507 e. The van der Waals surface area contributed by atoms with Crippen molar-refractivity contribution in [3.63, 3.8) is 0 Å². The van der Waals surface area contributed by atoms with Crippen LogP contribution < -0.4 is 0 Å². The molecule has 2 aliphatic carbocycles. The molecule has 0 spiro atoms. The molecule has 1 saturated carbocycles. The van der Waals surface area contributed by atoms with Crippen molar-refractivity contribution in [2.45, 2.75) is 82.5 Å². The first-order chi connectivity index (χ1) is 14.4. The molecule has 4 heteroatoms. The highest BCUT2D eigenvalue weighted by Gasteiger charge is 2.37. The number of alkyl halides is 1. The van der Waals surface area contributed by atoms with Crippen LogP contribution in [0.2, 0.25) is 0 Å². The minimum absolute atomic E-state index is 0.0243. The van der Waals surface area contributed by atoms with Crippen LogP contribution in [0.25, 0.3) is 0 Å². The van der Waals surface area contributed by atoms with Gasteiger partial charge in [-0.15, -0.1) is 0 Å². The number of phenols is 2. The zero-order valence-corrected chi connectivity index (χ0v) is 19.9. The van der Waals surface area contributed by atoms with Crippen LogP contribution in [-0.4, -0.2) is 27.3 Å². The monoisotopic (exact) mass is 476 g/mol. The normalized spacial score (nSPS) is 23.4. The summed E-state index contributed by atoms with van der Waals surface area (Å²) in [5.74, 6) is 0.380. The second-order valence-electron chi connectivity index (χ2n) is 9.42. The molecule has 3 nitrogen and oxygen atoms in total. The van der Waals surface area contributed by atoms with Gasteiger partial charge in [-0.3, -0.25) is 0 Å². The van der Waals surface area contributed by atoms with Crippen LogP contribution in [0, 0.1) is 5.92 Å².